The average Bonchev–Trinajstić information content (AvgIpc) is 3.04. The van der Waals surface area contributed by atoms with Crippen LogP contribution in [0.2, 0.25) is 0 Å². The van der Waals surface area contributed by atoms with Crippen molar-refractivity contribution in [3.63, 3.8) is 0 Å². The van der Waals surface area contributed by atoms with Gasteiger partial charge in [-0.25, -0.2) is 8.78 Å². The summed E-state index contributed by atoms with van der Waals surface area (Å²) in [6, 6.07) is 13.7. The van der Waals surface area contributed by atoms with E-state index in [4.69, 9.17) is 0 Å². The Balaban J connectivity index is 1.57. The lowest BCUT2D eigenvalue weighted by atomic mass is 10.2. The molecule has 3 rings (SSSR count). The Labute approximate surface area is 177 Å². The first kappa shape index (κ1) is 21.7. The highest BCUT2D eigenvalue weighted by Gasteiger charge is 2.18. The van der Waals surface area contributed by atoms with Crippen molar-refractivity contribution in [2.75, 3.05) is 6.54 Å². The molecule has 0 fully saturated rings. The number of amides is 3. The first-order valence-corrected chi connectivity index (χ1v) is 9.34. The molecule has 0 radical (unpaired) electrons. The van der Waals surface area contributed by atoms with E-state index in [0.29, 0.717) is 17.3 Å². The van der Waals surface area contributed by atoms with Crippen LogP contribution in [0.15, 0.2) is 54.6 Å². The predicted octanol–water partition coefficient (Wildman–Crippen LogP) is 2.56. The van der Waals surface area contributed by atoms with E-state index in [2.05, 4.69) is 16.2 Å². The van der Waals surface area contributed by atoms with Crippen molar-refractivity contribution in [2.45, 2.75) is 13.8 Å². The number of para-hydroxylation sites is 1. The van der Waals surface area contributed by atoms with Gasteiger partial charge in [0, 0.05) is 23.1 Å². The minimum absolute atomic E-state index is 0.374. The second kappa shape index (κ2) is 9.21. The summed E-state index contributed by atoms with van der Waals surface area (Å²) in [6.45, 7) is 3.13. The molecule has 0 spiro atoms. The molecule has 3 N–H and O–H groups in total. The maximum absolute atomic E-state index is 13.6. The fourth-order valence-corrected chi connectivity index (χ4v) is 3.13. The standard InChI is InChI=1S/C22H20F2N4O3/c1-13-10-18(14(2)28(13)16-6-4-3-5-7-16)22(31)27-26-20(29)12-25-21(30)17-9-8-15(23)11-19(17)24/h3-11H,12H2,1-2H3,(H,25,30)(H,26,29)(H,27,31). The van der Waals surface area contributed by atoms with Crippen molar-refractivity contribution in [1.29, 1.82) is 0 Å². The van der Waals surface area contributed by atoms with E-state index < -0.39 is 41.5 Å². The molecule has 9 heteroatoms. The van der Waals surface area contributed by atoms with E-state index in [9.17, 15) is 23.2 Å². The molecule has 160 valence electrons. The van der Waals surface area contributed by atoms with Crippen molar-refractivity contribution < 1.29 is 23.2 Å². The molecule has 1 aromatic heterocycles. The smallest absolute Gasteiger partial charge is 0.271 e. The Bertz CT molecular complexity index is 1140. The Morgan fingerprint density at radius 2 is 1.58 bits per heavy atom. The first-order valence-electron chi connectivity index (χ1n) is 9.34. The normalized spacial score (nSPS) is 10.5. The van der Waals surface area contributed by atoms with Gasteiger partial charge in [0.25, 0.3) is 17.7 Å². The molecule has 0 aliphatic heterocycles. The molecule has 0 saturated heterocycles. The number of rotatable bonds is 5. The van der Waals surface area contributed by atoms with Gasteiger partial charge in [0.1, 0.15) is 11.6 Å². The number of nitrogens with one attached hydrogen (secondary N) is 3. The second-order valence-corrected chi connectivity index (χ2v) is 6.76. The van der Waals surface area contributed by atoms with Crippen molar-refractivity contribution in [3.8, 4) is 5.69 Å². The minimum atomic E-state index is -1.04. The van der Waals surface area contributed by atoms with E-state index >= 15 is 0 Å². The number of carbonyl (C=O) groups excluding carboxylic acids is 3. The molecule has 0 unspecified atom stereocenters. The summed E-state index contributed by atoms with van der Waals surface area (Å²) in [7, 11) is 0. The van der Waals surface area contributed by atoms with Crippen molar-refractivity contribution in [3.05, 3.63) is 88.7 Å². The SMILES string of the molecule is Cc1cc(C(=O)NNC(=O)CNC(=O)c2ccc(F)cc2F)c(C)n1-c1ccccc1. The van der Waals surface area contributed by atoms with Gasteiger partial charge in [-0.05, 0) is 44.2 Å². The van der Waals surface area contributed by atoms with Gasteiger partial charge >= 0.3 is 0 Å². The quantitative estimate of drug-likeness (QED) is 0.548. The van der Waals surface area contributed by atoms with E-state index in [1.54, 1.807) is 13.0 Å². The topological polar surface area (TPSA) is 92.2 Å². The Hall–Kier alpha value is -4.01. The highest BCUT2D eigenvalue weighted by atomic mass is 19.1. The van der Waals surface area contributed by atoms with Gasteiger partial charge < -0.3 is 9.88 Å². The monoisotopic (exact) mass is 426 g/mol. The molecule has 31 heavy (non-hydrogen) atoms. The number of aryl methyl sites for hydroxylation is 1. The molecule has 3 aromatic rings. The van der Waals surface area contributed by atoms with Crippen LogP contribution in [0.25, 0.3) is 5.69 Å². The fourth-order valence-electron chi connectivity index (χ4n) is 3.13. The average molecular weight is 426 g/mol. The third-order valence-electron chi connectivity index (χ3n) is 4.59. The highest BCUT2D eigenvalue weighted by molar-refractivity contribution is 5.98. The Morgan fingerprint density at radius 3 is 2.26 bits per heavy atom. The zero-order valence-electron chi connectivity index (χ0n) is 16.8. The van der Waals surface area contributed by atoms with Gasteiger partial charge in [0.05, 0.1) is 17.7 Å². The summed E-state index contributed by atoms with van der Waals surface area (Å²) in [4.78, 5) is 36.3. The number of hydrogen-bond donors (Lipinski definition) is 3. The second-order valence-electron chi connectivity index (χ2n) is 6.76. The predicted molar refractivity (Wildman–Crippen MR) is 110 cm³/mol. The van der Waals surface area contributed by atoms with Crippen molar-refractivity contribution >= 4 is 17.7 Å². The number of aromatic nitrogens is 1. The van der Waals surface area contributed by atoms with E-state index in [0.717, 1.165) is 23.5 Å². The molecule has 0 aliphatic rings. The van der Waals surface area contributed by atoms with E-state index in [-0.39, 0.29) is 0 Å². The first-order chi connectivity index (χ1) is 14.8. The molecule has 7 nitrogen and oxygen atoms in total. The van der Waals surface area contributed by atoms with Crippen LogP contribution in [0, 0.1) is 25.5 Å². The van der Waals surface area contributed by atoms with Crippen LogP contribution in [0.4, 0.5) is 8.78 Å². The summed E-state index contributed by atoms with van der Waals surface area (Å²) < 4.78 is 28.4. The van der Waals surface area contributed by atoms with Crippen LogP contribution in [0.3, 0.4) is 0 Å². The summed E-state index contributed by atoms with van der Waals surface area (Å²) in [5.41, 5.74) is 6.89. The minimum Gasteiger partial charge on any atom is -0.343 e. The third kappa shape index (κ3) is 4.95. The molecule has 2 aromatic carbocycles. The number of carbonyl (C=O) groups is 3. The number of hydrazine groups is 1. The lowest BCUT2D eigenvalue weighted by Crippen LogP contribution is -2.46. The Morgan fingerprint density at radius 1 is 0.871 bits per heavy atom. The van der Waals surface area contributed by atoms with Gasteiger partial charge in [0.15, 0.2) is 0 Å². The zero-order chi connectivity index (χ0) is 22.5. The third-order valence-corrected chi connectivity index (χ3v) is 4.59. The van der Waals surface area contributed by atoms with Gasteiger partial charge in [-0.3, -0.25) is 25.2 Å². The van der Waals surface area contributed by atoms with Crippen LogP contribution in [-0.2, 0) is 4.79 Å². The molecule has 0 saturated carbocycles. The molecule has 0 bridgehead atoms. The molecule has 0 aliphatic carbocycles. The Kier molecular flexibility index (Phi) is 6.44. The van der Waals surface area contributed by atoms with Gasteiger partial charge in [0.2, 0.25) is 0 Å². The summed E-state index contributed by atoms with van der Waals surface area (Å²) in [5, 5.41) is 2.20. The van der Waals surface area contributed by atoms with Gasteiger partial charge in [-0.15, -0.1) is 0 Å². The fraction of sp³-hybridized carbons (Fsp3) is 0.136. The molecule has 3 amide bonds. The molecule has 1 heterocycles. The van der Waals surface area contributed by atoms with Crippen molar-refractivity contribution in [1.82, 2.24) is 20.7 Å². The number of hydrogen-bond acceptors (Lipinski definition) is 3. The van der Waals surface area contributed by atoms with Crippen molar-refractivity contribution in [2.24, 2.45) is 0 Å². The molecule has 0 atom stereocenters. The number of halogens is 2. The molecular formula is C22H20F2N4O3. The maximum atomic E-state index is 13.6. The van der Waals surface area contributed by atoms with Gasteiger partial charge in [-0.2, -0.15) is 0 Å². The zero-order valence-corrected chi connectivity index (χ0v) is 16.8. The number of nitrogens with zero attached hydrogens (tertiary/aromatic N) is 1. The largest absolute Gasteiger partial charge is 0.343 e. The van der Waals surface area contributed by atoms with Crippen LogP contribution in [0.1, 0.15) is 32.1 Å². The lowest BCUT2D eigenvalue weighted by molar-refractivity contribution is -0.120. The maximum Gasteiger partial charge on any atom is 0.271 e. The highest BCUT2D eigenvalue weighted by Crippen LogP contribution is 2.20. The van der Waals surface area contributed by atoms with Crippen LogP contribution < -0.4 is 16.2 Å². The summed E-state index contributed by atoms with van der Waals surface area (Å²) in [5.74, 6) is -3.99. The lowest BCUT2D eigenvalue weighted by Gasteiger charge is -2.11. The summed E-state index contributed by atoms with van der Waals surface area (Å²) in [6.07, 6.45) is 0. The molecular weight excluding hydrogens is 406 g/mol. The van der Waals surface area contributed by atoms with E-state index in [1.165, 1.54) is 0 Å². The van der Waals surface area contributed by atoms with Gasteiger partial charge in [-0.1, -0.05) is 18.2 Å². The summed E-state index contributed by atoms with van der Waals surface area (Å²) >= 11 is 0. The van der Waals surface area contributed by atoms with Crippen LogP contribution in [0.5, 0.6) is 0 Å². The van der Waals surface area contributed by atoms with Crippen LogP contribution >= 0.6 is 0 Å². The van der Waals surface area contributed by atoms with Crippen LogP contribution in [-0.4, -0.2) is 28.8 Å². The number of benzene rings is 2. The van der Waals surface area contributed by atoms with E-state index in [1.807, 2.05) is 41.8 Å².